The Bertz CT molecular complexity index is 84.6. The molecule has 0 atom stereocenters. The summed E-state index contributed by atoms with van der Waals surface area (Å²) in [5, 5.41) is 14.8. The SMILES string of the molecule is O=C(O)C(=O)O.[H-].[Li+].[Nb]. The Hall–Kier alpha value is 0.278. The fourth-order valence-electron chi connectivity index (χ4n) is 0. The smallest absolute Gasteiger partial charge is 1.00 e. The minimum absolute atomic E-state index is 0. The molecule has 6 heteroatoms. The van der Waals surface area contributed by atoms with Gasteiger partial charge in [-0.05, 0) is 0 Å². The zero-order chi connectivity index (χ0) is 5.15. The Morgan fingerprint density at radius 3 is 1.25 bits per heavy atom. The van der Waals surface area contributed by atoms with Crippen LogP contribution in [0.2, 0.25) is 0 Å². The van der Waals surface area contributed by atoms with Gasteiger partial charge in [0.25, 0.3) is 0 Å². The topological polar surface area (TPSA) is 74.6 Å². The van der Waals surface area contributed by atoms with Crippen LogP contribution in [0.3, 0.4) is 0 Å². The molecule has 41 valence electrons. The molecule has 0 rings (SSSR count). The monoisotopic (exact) mass is 191 g/mol. The molecular formula is C2H3LiNbO4. The van der Waals surface area contributed by atoms with E-state index in [0.717, 1.165) is 0 Å². The van der Waals surface area contributed by atoms with Gasteiger partial charge < -0.3 is 11.6 Å². The van der Waals surface area contributed by atoms with Crippen molar-refractivity contribution in [3.05, 3.63) is 0 Å². The molecule has 0 aliphatic carbocycles. The molecule has 8 heavy (non-hydrogen) atoms. The molecule has 0 aromatic rings. The van der Waals surface area contributed by atoms with Crippen molar-refractivity contribution in [3.8, 4) is 0 Å². The predicted octanol–water partition coefficient (Wildman–Crippen LogP) is -3.73. The van der Waals surface area contributed by atoms with Crippen LogP contribution in [0.1, 0.15) is 1.43 Å². The van der Waals surface area contributed by atoms with Crippen molar-refractivity contribution in [2.75, 3.05) is 0 Å². The Kier molecular flexibility index (Phi) is 14.3. The molecule has 0 saturated carbocycles. The molecule has 0 heterocycles. The fourth-order valence-corrected chi connectivity index (χ4v) is 0. The molecule has 0 aliphatic heterocycles. The first-order valence-corrected chi connectivity index (χ1v) is 1.11. The Labute approximate surface area is 74.4 Å². The van der Waals surface area contributed by atoms with Crippen molar-refractivity contribution in [3.63, 3.8) is 0 Å². The van der Waals surface area contributed by atoms with E-state index in [0.29, 0.717) is 0 Å². The fraction of sp³-hybridized carbons (Fsp3) is 0. The number of hydrogen-bond acceptors (Lipinski definition) is 2. The van der Waals surface area contributed by atoms with Gasteiger partial charge in [-0.3, -0.25) is 0 Å². The van der Waals surface area contributed by atoms with Crippen molar-refractivity contribution in [2.24, 2.45) is 0 Å². The zero-order valence-corrected chi connectivity index (χ0v) is 6.36. The maximum atomic E-state index is 9.10. The average molecular weight is 191 g/mol. The molecular weight excluding hydrogens is 188 g/mol. The summed E-state index contributed by atoms with van der Waals surface area (Å²) in [4.78, 5) is 18.2. The van der Waals surface area contributed by atoms with Crippen LogP contribution in [-0.2, 0) is 32.0 Å². The van der Waals surface area contributed by atoms with Crippen molar-refractivity contribution in [2.45, 2.75) is 0 Å². The van der Waals surface area contributed by atoms with E-state index in [9.17, 15) is 0 Å². The molecule has 0 fully saturated rings. The minimum Gasteiger partial charge on any atom is -1.00 e. The Morgan fingerprint density at radius 2 is 1.25 bits per heavy atom. The van der Waals surface area contributed by atoms with Gasteiger partial charge in [-0.1, -0.05) is 0 Å². The van der Waals surface area contributed by atoms with Crippen LogP contribution in [0.25, 0.3) is 0 Å². The van der Waals surface area contributed by atoms with Crippen LogP contribution >= 0.6 is 0 Å². The van der Waals surface area contributed by atoms with E-state index in [4.69, 9.17) is 19.8 Å². The van der Waals surface area contributed by atoms with E-state index in [2.05, 4.69) is 0 Å². The Morgan fingerprint density at radius 1 is 1.12 bits per heavy atom. The second kappa shape index (κ2) is 7.28. The number of carbonyl (C=O) groups is 2. The summed E-state index contributed by atoms with van der Waals surface area (Å²) in [7, 11) is 0. The standard InChI is InChI=1S/C2H2O4.Li.Nb.H/c3-1(4)2(5)6;;;/h(H,3,4)(H,5,6);;;/q;+1;;-1. The van der Waals surface area contributed by atoms with Crippen LogP contribution < -0.4 is 18.9 Å². The normalized spacial score (nSPS) is 5.50. The molecule has 2 N–H and O–H groups in total. The van der Waals surface area contributed by atoms with Crippen LogP contribution in [0.4, 0.5) is 0 Å². The largest absolute Gasteiger partial charge is 1.00 e. The van der Waals surface area contributed by atoms with Crippen LogP contribution in [0, 0.1) is 0 Å². The van der Waals surface area contributed by atoms with E-state index in [1.165, 1.54) is 0 Å². The molecule has 4 nitrogen and oxygen atoms in total. The van der Waals surface area contributed by atoms with Gasteiger partial charge in [-0.15, -0.1) is 0 Å². The molecule has 0 aromatic carbocycles. The molecule has 0 aliphatic rings. The van der Waals surface area contributed by atoms with E-state index < -0.39 is 11.9 Å². The number of carboxylic acid groups (broad SMARTS) is 2. The molecule has 1 radical (unpaired) electrons. The first-order valence-electron chi connectivity index (χ1n) is 1.11. The molecule has 0 bridgehead atoms. The zero-order valence-electron chi connectivity index (χ0n) is 5.16. The van der Waals surface area contributed by atoms with Crippen molar-refractivity contribution in [1.29, 1.82) is 0 Å². The van der Waals surface area contributed by atoms with Crippen molar-refractivity contribution >= 4 is 11.9 Å². The average Bonchev–Trinajstić information content (AvgIpc) is 1.36. The summed E-state index contributed by atoms with van der Waals surface area (Å²) in [6.45, 7) is 0. The number of rotatable bonds is 0. The van der Waals surface area contributed by atoms with Gasteiger partial charge in [0.1, 0.15) is 0 Å². The third-order valence-corrected chi connectivity index (χ3v) is 0.183. The third-order valence-electron chi connectivity index (χ3n) is 0.183. The van der Waals surface area contributed by atoms with Crippen molar-refractivity contribution < 1.29 is 62.5 Å². The summed E-state index contributed by atoms with van der Waals surface area (Å²) < 4.78 is 0. The van der Waals surface area contributed by atoms with Gasteiger partial charge in [0.05, 0.1) is 0 Å². The summed E-state index contributed by atoms with van der Waals surface area (Å²) >= 11 is 0. The summed E-state index contributed by atoms with van der Waals surface area (Å²) in [5.74, 6) is -3.65. The van der Waals surface area contributed by atoms with Gasteiger partial charge in [-0.25, -0.2) is 9.59 Å². The minimum atomic E-state index is -1.82. The van der Waals surface area contributed by atoms with Gasteiger partial charge >= 0.3 is 30.8 Å². The summed E-state index contributed by atoms with van der Waals surface area (Å²) in [6.07, 6.45) is 0. The number of aliphatic carboxylic acids is 2. The number of carboxylic acids is 2. The second-order valence-electron chi connectivity index (χ2n) is 0.610. The van der Waals surface area contributed by atoms with E-state index in [1.54, 1.807) is 0 Å². The summed E-state index contributed by atoms with van der Waals surface area (Å²) in [6, 6.07) is 0. The molecule has 0 aromatic heterocycles. The Balaban J connectivity index is -0.0000000417. The first-order chi connectivity index (χ1) is 2.64. The van der Waals surface area contributed by atoms with Gasteiger partial charge in [0, 0.05) is 22.4 Å². The van der Waals surface area contributed by atoms with E-state index in [-0.39, 0.29) is 42.7 Å². The van der Waals surface area contributed by atoms with Crippen LogP contribution in [0.5, 0.6) is 0 Å². The van der Waals surface area contributed by atoms with Crippen LogP contribution in [-0.4, -0.2) is 22.2 Å². The summed E-state index contributed by atoms with van der Waals surface area (Å²) in [5.41, 5.74) is 0. The second-order valence-corrected chi connectivity index (χ2v) is 0.610. The maximum absolute atomic E-state index is 9.10. The molecule has 0 unspecified atom stereocenters. The van der Waals surface area contributed by atoms with Gasteiger partial charge in [0.2, 0.25) is 0 Å². The maximum Gasteiger partial charge on any atom is 1.00 e. The van der Waals surface area contributed by atoms with Gasteiger partial charge in [0.15, 0.2) is 0 Å². The quantitative estimate of drug-likeness (QED) is 0.305. The predicted molar refractivity (Wildman–Crippen MR) is 16.4 cm³/mol. The number of hydrogen-bond donors (Lipinski definition) is 2. The van der Waals surface area contributed by atoms with Gasteiger partial charge in [-0.2, -0.15) is 0 Å². The molecule has 0 amide bonds. The van der Waals surface area contributed by atoms with E-state index >= 15 is 0 Å². The van der Waals surface area contributed by atoms with Crippen LogP contribution in [0.15, 0.2) is 0 Å². The molecule has 0 spiro atoms. The first kappa shape index (κ1) is 15.7. The van der Waals surface area contributed by atoms with E-state index in [1.807, 2.05) is 0 Å². The third kappa shape index (κ3) is 9.56. The van der Waals surface area contributed by atoms with Crippen molar-refractivity contribution in [1.82, 2.24) is 0 Å². The molecule has 0 saturated heterocycles.